The zero-order valence-electron chi connectivity index (χ0n) is 11.2. The molecular formula is C15H19Cl2Zr. The van der Waals surface area contributed by atoms with Crippen LogP contribution in [-0.4, -0.2) is 0 Å². The smallest absolute Gasteiger partial charge is 1.00 e. The van der Waals surface area contributed by atoms with Gasteiger partial charge in [-0.3, -0.25) is 0 Å². The van der Waals surface area contributed by atoms with Gasteiger partial charge in [-0.1, -0.05) is 37.5 Å². The van der Waals surface area contributed by atoms with Crippen LogP contribution in [0.4, 0.5) is 0 Å². The van der Waals surface area contributed by atoms with E-state index in [9.17, 15) is 0 Å². The van der Waals surface area contributed by atoms with Gasteiger partial charge in [0.2, 0.25) is 0 Å². The summed E-state index contributed by atoms with van der Waals surface area (Å²) in [5.74, 6) is 0. The van der Waals surface area contributed by atoms with Crippen LogP contribution in [0.15, 0.2) is 24.3 Å². The molecule has 0 heterocycles. The van der Waals surface area contributed by atoms with Crippen molar-refractivity contribution in [1.29, 1.82) is 0 Å². The molecule has 0 unspecified atom stereocenters. The number of benzene rings is 1. The van der Waals surface area contributed by atoms with E-state index < -0.39 is 0 Å². The molecule has 2 aromatic rings. The SMILES string of the molecule is CCCc1cc(C)cc2[cH-]c(CC)cc12.[Cl-].[Cl-].[Zr+3]. The Hall–Kier alpha value is 0.293. The van der Waals surface area contributed by atoms with Gasteiger partial charge in [0.15, 0.2) is 0 Å². The van der Waals surface area contributed by atoms with E-state index in [0.29, 0.717) is 0 Å². The second-order valence-electron chi connectivity index (χ2n) is 4.39. The Balaban J connectivity index is 0. The zero-order chi connectivity index (χ0) is 10.8. The fraction of sp³-hybridized carbons (Fsp3) is 0.400. The van der Waals surface area contributed by atoms with Gasteiger partial charge in [0.25, 0.3) is 0 Å². The van der Waals surface area contributed by atoms with Crippen molar-refractivity contribution in [3.05, 3.63) is 41.0 Å². The molecule has 0 aliphatic rings. The molecule has 0 aliphatic carbocycles. The van der Waals surface area contributed by atoms with E-state index in [-0.39, 0.29) is 51.0 Å². The fourth-order valence-electron chi connectivity index (χ4n) is 2.31. The molecule has 2 rings (SSSR count). The van der Waals surface area contributed by atoms with E-state index in [2.05, 4.69) is 45.0 Å². The predicted octanol–water partition coefficient (Wildman–Crippen LogP) is -1.61. The minimum atomic E-state index is 0. The summed E-state index contributed by atoms with van der Waals surface area (Å²) in [5, 5.41) is 2.90. The molecule has 0 amide bonds. The van der Waals surface area contributed by atoms with E-state index in [4.69, 9.17) is 0 Å². The average molecular weight is 361 g/mol. The van der Waals surface area contributed by atoms with Gasteiger partial charge in [-0.05, 0) is 19.8 Å². The molecule has 0 saturated carbocycles. The zero-order valence-corrected chi connectivity index (χ0v) is 15.2. The van der Waals surface area contributed by atoms with E-state index in [1.165, 1.54) is 40.3 Å². The van der Waals surface area contributed by atoms with Crippen molar-refractivity contribution in [3.63, 3.8) is 0 Å². The third kappa shape index (κ3) is 4.44. The number of hydrogen-bond donors (Lipinski definition) is 0. The molecule has 3 heteroatoms. The van der Waals surface area contributed by atoms with Crippen LogP contribution in [0.25, 0.3) is 10.8 Å². The number of aryl methyl sites for hydroxylation is 3. The summed E-state index contributed by atoms with van der Waals surface area (Å²) in [6.07, 6.45) is 3.57. The molecule has 0 aromatic heterocycles. The molecule has 18 heavy (non-hydrogen) atoms. The number of halogens is 2. The Morgan fingerprint density at radius 3 is 2.28 bits per heavy atom. The van der Waals surface area contributed by atoms with Crippen LogP contribution in [-0.2, 0) is 39.0 Å². The Morgan fingerprint density at radius 1 is 1.06 bits per heavy atom. The Morgan fingerprint density at radius 2 is 1.72 bits per heavy atom. The van der Waals surface area contributed by atoms with Gasteiger partial charge in [-0.25, -0.2) is 0 Å². The molecule has 0 nitrogen and oxygen atoms in total. The van der Waals surface area contributed by atoms with Crippen LogP contribution >= 0.6 is 0 Å². The molecule has 0 atom stereocenters. The summed E-state index contributed by atoms with van der Waals surface area (Å²) in [6.45, 7) is 6.66. The molecule has 2 aromatic carbocycles. The number of hydrogen-bond acceptors (Lipinski definition) is 0. The minimum Gasteiger partial charge on any atom is -1.00 e. The third-order valence-corrected chi connectivity index (χ3v) is 3.04. The van der Waals surface area contributed by atoms with Gasteiger partial charge in [0.1, 0.15) is 0 Å². The summed E-state index contributed by atoms with van der Waals surface area (Å²) in [4.78, 5) is 0. The van der Waals surface area contributed by atoms with Gasteiger partial charge >= 0.3 is 26.2 Å². The monoisotopic (exact) mass is 359 g/mol. The van der Waals surface area contributed by atoms with Crippen molar-refractivity contribution in [2.24, 2.45) is 0 Å². The number of rotatable bonds is 3. The van der Waals surface area contributed by atoms with Crippen molar-refractivity contribution in [1.82, 2.24) is 0 Å². The first-order chi connectivity index (χ1) is 7.24. The van der Waals surface area contributed by atoms with Gasteiger partial charge in [-0.15, -0.1) is 28.5 Å². The third-order valence-electron chi connectivity index (χ3n) is 3.04. The van der Waals surface area contributed by atoms with Crippen molar-refractivity contribution >= 4 is 10.8 Å². The van der Waals surface area contributed by atoms with Crippen molar-refractivity contribution < 1.29 is 51.0 Å². The van der Waals surface area contributed by atoms with Crippen LogP contribution in [0.5, 0.6) is 0 Å². The predicted molar refractivity (Wildman–Crippen MR) is 67.7 cm³/mol. The quantitative estimate of drug-likeness (QED) is 0.577. The molecule has 0 aliphatic heterocycles. The van der Waals surface area contributed by atoms with E-state index >= 15 is 0 Å². The Labute approximate surface area is 142 Å². The van der Waals surface area contributed by atoms with Crippen molar-refractivity contribution in [2.75, 3.05) is 0 Å². The summed E-state index contributed by atoms with van der Waals surface area (Å²) in [7, 11) is 0. The maximum atomic E-state index is 2.36. The van der Waals surface area contributed by atoms with Crippen LogP contribution in [0.3, 0.4) is 0 Å². The maximum Gasteiger partial charge on any atom is 3.00 e. The van der Waals surface area contributed by atoms with Crippen molar-refractivity contribution in [3.8, 4) is 0 Å². The second-order valence-corrected chi connectivity index (χ2v) is 4.39. The molecular weight excluding hydrogens is 342 g/mol. The van der Waals surface area contributed by atoms with Crippen LogP contribution in [0, 0.1) is 6.92 Å². The summed E-state index contributed by atoms with van der Waals surface area (Å²) in [5.41, 5.74) is 4.37. The molecule has 0 saturated heterocycles. The summed E-state index contributed by atoms with van der Waals surface area (Å²) in [6, 6.07) is 9.33. The van der Waals surface area contributed by atoms with Gasteiger partial charge in [-0.2, -0.15) is 6.07 Å². The summed E-state index contributed by atoms with van der Waals surface area (Å²) < 4.78 is 0. The normalized spacial score (nSPS) is 9.28. The molecule has 97 valence electrons. The summed E-state index contributed by atoms with van der Waals surface area (Å²) >= 11 is 0. The molecule has 0 N–H and O–H groups in total. The Bertz CT molecular complexity index is 475. The van der Waals surface area contributed by atoms with E-state index in [0.717, 1.165) is 6.42 Å². The largest absolute Gasteiger partial charge is 3.00 e. The number of fused-ring (bicyclic) bond motifs is 1. The second kappa shape index (κ2) is 9.24. The van der Waals surface area contributed by atoms with Crippen LogP contribution < -0.4 is 24.8 Å². The fourth-order valence-corrected chi connectivity index (χ4v) is 2.31. The molecule has 0 bridgehead atoms. The molecule has 0 fully saturated rings. The van der Waals surface area contributed by atoms with Crippen molar-refractivity contribution in [2.45, 2.75) is 40.0 Å². The van der Waals surface area contributed by atoms with Gasteiger partial charge in [0.05, 0.1) is 0 Å². The average Bonchev–Trinajstić information content (AvgIpc) is 2.61. The van der Waals surface area contributed by atoms with E-state index in [1.54, 1.807) is 0 Å². The van der Waals surface area contributed by atoms with Crippen LogP contribution in [0.1, 0.15) is 37.0 Å². The van der Waals surface area contributed by atoms with Gasteiger partial charge in [0, 0.05) is 0 Å². The van der Waals surface area contributed by atoms with Gasteiger partial charge < -0.3 is 24.8 Å². The topological polar surface area (TPSA) is 0 Å². The van der Waals surface area contributed by atoms with E-state index in [1.807, 2.05) is 0 Å². The Kier molecular flexibility index (Phi) is 10.6. The minimum absolute atomic E-state index is 0. The molecule has 0 spiro atoms. The first kappa shape index (κ1) is 20.6. The van der Waals surface area contributed by atoms with Crippen LogP contribution in [0.2, 0.25) is 0 Å². The first-order valence-corrected chi connectivity index (χ1v) is 5.93. The first-order valence-electron chi connectivity index (χ1n) is 5.93. The molecule has 1 radical (unpaired) electrons. The maximum absolute atomic E-state index is 2.36. The standard InChI is InChI=1S/C15H19.2ClH.Zr/c1-4-6-13-7-11(3)8-14-9-12(5-2)10-15(13)14;;;/h7-10H,4-6H2,1-3H3;2*1H;/q-1;;;+3/p-2.